The molecule has 1 heterocycles. The first kappa shape index (κ1) is 14.5. The summed E-state index contributed by atoms with van der Waals surface area (Å²) in [6.45, 7) is 0.594. The third-order valence-electron chi connectivity index (χ3n) is 2.78. The number of benzene rings is 1. The summed E-state index contributed by atoms with van der Waals surface area (Å²) in [5.41, 5.74) is 1.69. The van der Waals surface area contributed by atoms with E-state index in [0.717, 1.165) is 11.3 Å². The number of aromatic carboxylic acids is 1. The Kier molecular flexibility index (Phi) is 4.87. The predicted molar refractivity (Wildman–Crippen MR) is 76.7 cm³/mol. The number of carboxylic acids is 1. The standard InChI is InChI=1S/C15H15N3O3/c19-14(20)12-5-3-4-11(8-12)9-17-15(21)18-10-13-6-1-2-7-16-13/h1-8H,9-10H2,(H,19,20)(H2,17,18,21). The summed E-state index contributed by atoms with van der Waals surface area (Å²) in [5.74, 6) is -0.989. The highest BCUT2D eigenvalue weighted by molar-refractivity contribution is 5.87. The first-order valence-electron chi connectivity index (χ1n) is 6.39. The number of rotatable bonds is 5. The van der Waals surface area contributed by atoms with Gasteiger partial charge in [0.1, 0.15) is 0 Å². The quantitative estimate of drug-likeness (QED) is 0.781. The highest BCUT2D eigenvalue weighted by atomic mass is 16.4. The van der Waals surface area contributed by atoms with Crippen LogP contribution in [0.4, 0.5) is 4.79 Å². The van der Waals surface area contributed by atoms with E-state index >= 15 is 0 Å². The zero-order valence-electron chi connectivity index (χ0n) is 11.2. The van der Waals surface area contributed by atoms with E-state index in [1.165, 1.54) is 12.1 Å². The predicted octanol–water partition coefficient (Wildman–Crippen LogP) is 1.78. The van der Waals surface area contributed by atoms with E-state index < -0.39 is 5.97 Å². The fraction of sp³-hybridized carbons (Fsp3) is 0.133. The molecule has 1 aromatic heterocycles. The second-order valence-corrected chi connectivity index (χ2v) is 4.36. The maximum atomic E-state index is 11.6. The second-order valence-electron chi connectivity index (χ2n) is 4.36. The normalized spacial score (nSPS) is 9.90. The Balaban J connectivity index is 1.81. The Morgan fingerprint density at radius 2 is 1.86 bits per heavy atom. The molecule has 0 aliphatic heterocycles. The van der Waals surface area contributed by atoms with Crippen molar-refractivity contribution in [1.29, 1.82) is 0 Å². The van der Waals surface area contributed by atoms with E-state index in [1.54, 1.807) is 24.4 Å². The van der Waals surface area contributed by atoms with Crippen LogP contribution < -0.4 is 10.6 Å². The van der Waals surface area contributed by atoms with Crippen molar-refractivity contribution in [2.75, 3.05) is 0 Å². The lowest BCUT2D eigenvalue weighted by molar-refractivity contribution is 0.0696. The summed E-state index contributed by atoms with van der Waals surface area (Å²) in [4.78, 5) is 26.6. The molecule has 2 aromatic rings. The van der Waals surface area contributed by atoms with Crippen LogP contribution in [-0.4, -0.2) is 22.1 Å². The molecule has 2 rings (SSSR count). The van der Waals surface area contributed by atoms with Crippen LogP contribution in [0.25, 0.3) is 0 Å². The molecule has 0 unspecified atom stereocenters. The summed E-state index contributed by atoms with van der Waals surface area (Å²) in [5, 5.41) is 14.2. The molecule has 0 spiro atoms. The average Bonchev–Trinajstić information content (AvgIpc) is 2.52. The number of hydrogen-bond acceptors (Lipinski definition) is 3. The fourth-order valence-corrected chi connectivity index (χ4v) is 1.73. The van der Waals surface area contributed by atoms with Crippen molar-refractivity contribution >= 4 is 12.0 Å². The molecule has 0 aliphatic rings. The summed E-state index contributed by atoms with van der Waals surface area (Å²) < 4.78 is 0. The van der Waals surface area contributed by atoms with Crippen molar-refractivity contribution < 1.29 is 14.7 Å². The topological polar surface area (TPSA) is 91.3 Å². The Hall–Kier alpha value is -2.89. The second kappa shape index (κ2) is 7.04. The van der Waals surface area contributed by atoms with Crippen molar-refractivity contribution in [2.24, 2.45) is 0 Å². The number of carboxylic acid groups (broad SMARTS) is 1. The van der Waals surface area contributed by atoms with Gasteiger partial charge < -0.3 is 15.7 Å². The molecule has 108 valence electrons. The minimum atomic E-state index is -0.989. The summed E-state index contributed by atoms with van der Waals surface area (Å²) in [7, 11) is 0. The third-order valence-corrected chi connectivity index (χ3v) is 2.78. The van der Waals surface area contributed by atoms with Crippen LogP contribution in [0.15, 0.2) is 48.7 Å². The van der Waals surface area contributed by atoms with E-state index in [2.05, 4.69) is 15.6 Å². The van der Waals surface area contributed by atoms with Crippen LogP contribution in [-0.2, 0) is 13.1 Å². The van der Waals surface area contributed by atoms with Gasteiger partial charge in [0.15, 0.2) is 0 Å². The molecule has 1 aromatic carbocycles. The molecule has 3 N–H and O–H groups in total. The third kappa shape index (κ3) is 4.61. The molecular formula is C15H15N3O3. The van der Waals surface area contributed by atoms with E-state index in [-0.39, 0.29) is 18.1 Å². The van der Waals surface area contributed by atoms with Crippen LogP contribution in [0.1, 0.15) is 21.6 Å². The first-order chi connectivity index (χ1) is 10.1. The van der Waals surface area contributed by atoms with Crippen LogP contribution >= 0.6 is 0 Å². The smallest absolute Gasteiger partial charge is 0.335 e. The molecule has 0 radical (unpaired) electrons. The monoisotopic (exact) mass is 285 g/mol. The summed E-state index contributed by atoms with van der Waals surface area (Å²) >= 11 is 0. The van der Waals surface area contributed by atoms with Crippen LogP contribution in [0, 0.1) is 0 Å². The van der Waals surface area contributed by atoms with Gasteiger partial charge >= 0.3 is 12.0 Å². The zero-order chi connectivity index (χ0) is 15.1. The number of nitrogens with one attached hydrogen (secondary N) is 2. The SMILES string of the molecule is O=C(NCc1cccc(C(=O)O)c1)NCc1ccccn1. The van der Waals surface area contributed by atoms with Crippen molar-refractivity contribution in [1.82, 2.24) is 15.6 Å². The number of nitrogens with zero attached hydrogens (tertiary/aromatic N) is 1. The maximum absolute atomic E-state index is 11.6. The van der Waals surface area contributed by atoms with E-state index in [0.29, 0.717) is 6.54 Å². The number of urea groups is 1. The molecule has 2 amide bonds. The van der Waals surface area contributed by atoms with Crippen LogP contribution in [0.2, 0.25) is 0 Å². The first-order valence-corrected chi connectivity index (χ1v) is 6.39. The van der Waals surface area contributed by atoms with Gasteiger partial charge in [-0.05, 0) is 29.8 Å². The van der Waals surface area contributed by atoms with Gasteiger partial charge in [0.25, 0.3) is 0 Å². The van der Waals surface area contributed by atoms with Crippen molar-refractivity contribution in [3.8, 4) is 0 Å². The molecule has 21 heavy (non-hydrogen) atoms. The Labute approximate surface area is 121 Å². The molecule has 6 heteroatoms. The van der Waals surface area contributed by atoms with Gasteiger partial charge in [-0.3, -0.25) is 4.98 Å². The number of carbonyl (C=O) groups is 2. The van der Waals surface area contributed by atoms with Gasteiger partial charge in [-0.15, -0.1) is 0 Å². The van der Waals surface area contributed by atoms with Gasteiger partial charge in [-0.25, -0.2) is 9.59 Å². The Bertz CT molecular complexity index is 629. The fourth-order valence-electron chi connectivity index (χ4n) is 1.73. The van der Waals surface area contributed by atoms with Gasteiger partial charge in [-0.1, -0.05) is 18.2 Å². The molecule has 6 nitrogen and oxygen atoms in total. The number of amides is 2. The average molecular weight is 285 g/mol. The lowest BCUT2D eigenvalue weighted by Crippen LogP contribution is -2.34. The Morgan fingerprint density at radius 3 is 2.57 bits per heavy atom. The highest BCUT2D eigenvalue weighted by Gasteiger charge is 2.05. The number of aromatic nitrogens is 1. The Morgan fingerprint density at radius 1 is 1.05 bits per heavy atom. The molecule has 0 saturated heterocycles. The largest absolute Gasteiger partial charge is 0.478 e. The number of pyridine rings is 1. The number of hydrogen-bond donors (Lipinski definition) is 3. The summed E-state index contributed by atoms with van der Waals surface area (Å²) in [6.07, 6.45) is 1.66. The van der Waals surface area contributed by atoms with Gasteiger partial charge in [0, 0.05) is 12.7 Å². The molecule has 0 fully saturated rings. The van der Waals surface area contributed by atoms with Crippen molar-refractivity contribution in [2.45, 2.75) is 13.1 Å². The van der Waals surface area contributed by atoms with Crippen LogP contribution in [0.5, 0.6) is 0 Å². The van der Waals surface area contributed by atoms with Crippen LogP contribution in [0.3, 0.4) is 0 Å². The minimum Gasteiger partial charge on any atom is -0.478 e. The lowest BCUT2D eigenvalue weighted by Gasteiger charge is -2.08. The van der Waals surface area contributed by atoms with E-state index in [4.69, 9.17) is 5.11 Å². The van der Waals surface area contributed by atoms with Crippen molar-refractivity contribution in [3.05, 3.63) is 65.5 Å². The van der Waals surface area contributed by atoms with E-state index in [1.807, 2.05) is 12.1 Å². The lowest BCUT2D eigenvalue weighted by atomic mass is 10.1. The van der Waals surface area contributed by atoms with Gasteiger partial charge in [0.2, 0.25) is 0 Å². The summed E-state index contributed by atoms with van der Waals surface area (Å²) in [6, 6.07) is 11.6. The van der Waals surface area contributed by atoms with Gasteiger partial charge in [0.05, 0.1) is 17.8 Å². The molecule has 0 aliphatic carbocycles. The molecular weight excluding hydrogens is 270 g/mol. The van der Waals surface area contributed by atoms with E-state index in [9.17, 15) is 9.59 Å². The molecule has 0 atom stereocenters. The maximum Gasteiger partial charge on any atom is 0.335 e. The highest BCUT2D eigenvalue weighted by Crippen LogP contribution is 2.05. The number of carbonyl (C=O) groups excluding carboxylic acids is 1. The van der Waals surface area contributed by atoms with Crippen molar-refractivity contribution in [3.63, 3.8) is 0 Å². The zero-order valence-corrected chi connectivity index (χ0v) is 11.2. The molecule has 0 bridgehead atoms. The van der Waals surface area contributed by atoms with Gasteiger partial charge in [-0.2, -0.15) is 0 Å². The molecule has 0 saturated carbocycles. The minimum absolute atomic E-state index is 0.197.